The number of Topliss-reactive ketones (excluding diaryl/α,β-unsaturated/α-hetero) is 1. The van der Waals surface area contributed by atoms with Gasteiger partial charge in [0.05, 0.1) is 25.9 Å². The van der Waals surface area contributed by atoms with Crippen LogP contribution >= 0.6 is 19.2 Å². The number of ketones is 1. The lowest BCUT2D eigenvalue weighted by atomic mass is 10.0. The molecule has 0 aliphatic carbocycles. The molecule has 2 atom stereocenters. The monoisotopic (exact) mass is 624 g/mol. The molecular weight excluding hydrogens is 583 g/mol. The second kappa shape index (κ2) is 19.4. The van der Waals surface area contributed by atoms with Gasteiger partial charge in [0, 0.05) is 11.4 Å². The first-order valence-electron chi connectivity index (χ1n) is 14.2. The minimum absolute atomic E-state index is 0.0461. The van der Waals surface area contributed by atoms with Crippen LogP contribution in [-0.4, -0.2) is 61.0 Å². The Morgan fingerprint density at radius 1 is 0.929 bits per heavy atom. The van der Waals surface area contributed by atoms with Crippen LogP contribution in [0.4, 0.5) is 4.79 Å². The molecule has 10 nitrogen and oxygen atoms in total. The normalized spacial score (nSPS) is 12.8. The van der Waals surface area contributed by atoms with E-state index >= 15 is 0 Å². The Hall–Kier alpha value is -2.75. The number of ether oxygens (including phenoxy) is 1. The molecule has 1 unspecified atom stereocenters. The molecule has 2 amide bonds. The van der Waals surface area contributed by atoms with Crippen molar-refractivity contribution in [2.75, 3.05) is 26.0 Å². The Bertz CT molecular complexity index is 1160. The zero-order chi connectivity index (χ0) is 30.8. The first-order valence-corrected chi connectivity index (χ1v) is 16.3. The second-order valence-electron chi connectivity index (χ2n) is 9.72. The molecule has 0 fully saturated rings. The largest absolute Gasteiger partial charge is 0.445 e. The number of rotatable bonds is 20. The fourth-order valence-electron chi connectivity index (χ4n) is 4.25. The minimum Gasteiger partial charge on any atom is -0.445 e. The first kappa shape index (κ1) is 35.4. The Morgan fingerprint density at radius 3 is 2.26 bits per heavy atom. The highest BCUT2D eigenvalue weighted by Gasteiger charge is 2.27. The number of benzene rings is 2. The highest BCUT2D eigenvalue weighted by molar-refractivity contribution is 7.54. The molecule has 0 radical (unpaired) electrons. The van der Waals surface area contributed by atoms with E-state index < -0.39 is 31.7 Å². The van der Waals surface area contributed by atoms with E-state index in [2.05, 4.69) is 10.6 Å². The summed E-state index contributed by atoms with van der Waals surface area (Å²) in [5, 5.41) is 15.9. The smallest absolute Gasteiger partial charge is 0.408 e. The van der Waals surface area contributed by atoms with Crippen LogP contribution in [-0.2, 0) is 41.0 Å². The van der Waals surface area contributed by atoms with Gasteiger partial charge in [-0.25, -0.2) is 4.79 Å². The lowest BCUT2D eigenvalue weighted by molar-refractivity contribution is -0.124. The van der Waals surface area contributed by atoms with E-state index in [9.17, 15) is 24.1 Å². The highest BCUT2D eigenvalue weighted by Crippen LogP contribution is 2.48. The van der Waals surface area contributed by atoms with E-state index in [1.807, 2.05) is 36.4 Å². The molecule has 0 saturated carbocycles. The van der Waals surface area contributed by atoms with E-state index in [0.717, 1.165) is 11.1 Å². The highest BCUT2D eigenvalue weighted by atomic mass is 35.5. The number of alkyl carbamates (subject to hydrolysis) is 1. The molecule has 0 aromatic heterocycles. The average Bonchev–Trinajstić information content (AvgIpc) is 2.95. The second-order valence-corrected chi connectivity index (χ2v) is 12.2. The molecule has 0 aliphatic rings. The number of aliphatic hydroxyl groups is 1. The van der Waals surface area contributed by atoms with Gasteiger partial charge in [-0.2, -0.15) is 0 Å². The molecule has 0 spiro atoms. The number of amides is 2. The quantitative estimate of drug-likeness (QED) is 0.131. The first-order chi connectivity index (χ1) is 20.2. The molecule has 0 aliphatic heterocycles. The SMILES string of the molecule is CCOP(=O)(CC(=O)CCCCCC(NC(=O)OCc1ccccc1)C(=O)N[C@H](CO)Cc1cccc(Cl)c1)OCC. The van der Waals surface area contributed by atoms with Crippen molar-refractivity contribution >= 4 is 37.0 Å². The third kappa shape index (κ3) is 13.9. The van der Waals surface area contributed by atoms with Gasteiger partial charge < -0.3 is 29.5 Å². The topological polar surface area (TPSA) is 140 Å². The van der Waals surface area contributed by atoms with Gasteiger partial charge in [0.2, 0.25) is 5.91 Å². The molecule has 0 heterocycles. The summed E-state index contributed by atoms with van der Waals surface area (Å²) < 4.78 is 28.3. The van der Waals surface area contributed by atoms with E-state index in [4.69, 9.17) is 25.4 Å². The molecule has 2 rings (SSSR count). The molecule has 2 aromatic rings. The lowest BCUT2D eigenvalue weighted by Gasteiger charge is -2.22. The van der Waals surface area contributed by atoms with Crippen molar-refractivity contribution in [2.24, 2.45) is 0 Å². The van der Waals surface area contributed by atoms with Crippen molar-refractivity contribution in [3.8, 4) is 0 Å². The summed E-state index contributed by atoms with van der Waals surface area (Å²) in [6, 6.07) is 14.8. The van der Waals surface area contributed by atoms with Crippen molar-refractivity contribution in [2.45, 2.75) is 71.1 Å². The fraction of sp³-hybridized carbons (Fsp3) is 0.500. The van der Waals surface area contributed by atoms with E-state index in [-0.39, 0.29) is 51.2 Å². The predicted octanol–water partition coefficient (Wildman–Crippen LogP) is 5.44. The number of carbonyl (C=O) groups excluding carboxylic acids is 3. The number of aliphatic hydroxyl groups excluding tert-OH is 1. The Balaban J connectivity index is 1.93. The van der Waals surface area contributed by atoms with Crippen LogP contribution in [0.5, 0.6) is 0 Å². The van der Waals surface area contributed by atoms with Gasteiger partial charge >= 0.3 is 13.7 Å². The minimum atomic E-state index is -3.44. The lowest BCUT2D eigenvalue weighted by Crippen LogP contribution is -2.51. The third-order valence-corrected chi connectivity index (χ3v) is 8.51. The summed E-state index contributed by atoms with van der Waals surface area (Å²) in [5.41, 5.74) is 1.65. The molecule has 3 N–H and O–H groups in total. The van der Waals surface area contributed by atoms with Crippen LogP contribution in [0, 0.1) is 0 Å². The van der Waals surface area contributed by atoms with Crippen LogP contribution in [0.15, 0.2) is 54.6 Å². The van der Waals surface area contributed by atoms with Gasteiger partial charge in [-0.1, -0.05) is 66.9 Å². The number of hydrogen-bond donors (Lipinski definition) is 3. The summed E-state index contributed by atoms with van der Waals surface area (Å²) in [5.74, 6) is -0.679. The summed E-state index contributed by atoms with van der Waals surface area (Å²) in [7, 11) is -3.44. The van der Waals surface area contributed by atoms with Crippen LogP contribution in [0.25, 0.3) is 0 Å². The van der Waals surface area contributed by atoms with Crippen LogP contribution < -0.4 is 10.6 Å². The number of carbonyl (C=O) groups is 3. The summed E-state index contributed by atoms with van der Waals surface area (Å²) in [6.45, 7) is 3.49. The van der Waals surface area contributed by atoms with Crippen LogP contribution in [0.3, 0.4) is 0 Å². The van der Waals surface area contributed by atoms with Crippen LogP contribution in [0.2, 0.25) is 5.02 Å². The van der Waals surface area contributed by atoms with Crippen molar-refractivity contribution in [3.05, 3.63) is 70.7 Å². The maximum atomic E-state index is 13.2. The molecule has 42 heavy (non-hydrogen) atoms. The summed E-state index contributed by atoms with van der Waals surface area (Å²) in [4.78, 5) is 38.1. The van der Waals surface area contributed by atoms with Crippen molar-refractivity contribution in [3.63, 3.8) is 0 Å². The molecule has 12 heteroatoms. The van der Waals surface area contributed by atoms with E-state index in [0.29, 0.717) is 30.7 Å². The third-order valence-electron chi connectivity index (χ3n) is 6.23. The Kier molecular flexibility index (Phi) is 16.4. The fourth-order valence-corrected chi connectivity index (χ4v) is 6.10. The van der Waals surface area contributed by atoms with Gasteiger partial charge in [-0.05, 0) is 56.4 Å². The van der Waals surface area contributed by atoms with Crippen LogP contribution in [0.1, 0.15) is 57.1 Å². The van der Waals surface area contributed by atoms with E-state index in [1.54, 1.807) is 32.0 Å². The molecule has 2 aromatic carbocycles. The van der Waals surface area contributed by atoms with Crippen molar-refractivity contribution in [1.29, 1.82) is 0 Å². The van der Waals surface area contributed by atoms with Gasteiger partial charge in [0.15, 0.2) is 0 Å². The average molecular weight is 625 g/mol. The summed E-state index contributed by atoms with van der Waals surface area (Å²) >= 11 is 6.06. The number of unbranched alkanes of at least 4 members (excludes halogenated alkanes) is 2. The molecule has 0 bridgehead atoms. The zero-order valence-corrected chi connectivity index (χ0v) is 25.9. The zero-order valence-electron chi connectivity index (χ0n) is 24.3. The van der Waals surface area contributed by atoms with Gasteiger partial charge in [0.25, 0.3) is 0 Å². The standard InChI is InChI=1S/C30H42ClN2O8P/c1-3-40-42(38,41-4-2)22-27(35)16-9-6-10-17-28(33-30(37)39-21-23-12-7-5-8-13-23)29(36)32-26(20-34)19-24-14-11-15-25(31)18-24/h5,7-8,11-15,18,26,28,34H,3-4,6,9-10,16-17,19-22H2,1-2H3,(H,32,36)(H,33,37)/t26-,28?/m0/s1. The molecular formula is C30H42ClN2O8P. The van der Waals surface area contributed by atoms with Gasteiger partial charge in [0.1, 0.15) is 24.6 Å². The predicted molar refractivity (Wildman–Crippen MR) is 162 cm³/mol. The maximum Gasteiger partial charge on any atom is 0.408 e. The number of halogens is 1. The maximum absolute atomic E-state index is 13.2. The molecule has 0 saturated heterocycles. The Labute approximate surface area is 253 Å². The summed E-state index contributed by atoms with van der Waals surface area (Å²) in [6.07, 6.45) is 1.44. The van der Waals surface area contributed by atoms with Crippen molar-refractivity contribution < 1.29 is 37.8 Å². The number of hydrogen-bond acceptors (Lipinski definition) is 8. The molecule has 232 valence electrons. The number of nitrogens with one attached hydrogen (secondary N) is 2. The van der Waals surface area contributed by atoms with Crippen molar-refractivity contribution in [1.82, 2.24) is 10.6 Å². The van der Waals surface area contributed by atoms with E-state index in [1.165, 1.54) is 0 Å². The van der Waals surface area contributed by atoms with Gasteiger partial charge in [-0.15, -0.1) is 0 Å². The Morgan fingerprint density at radius 2 is 1.62 bits per heavy atom. The van der Waals surface area contributed by atoms with Gasteiger partial charge in [-0.3, -0.25) is 14.2 Å².